The molecule has 2 aliphatic heterocycles. The molecule has 1 N–H and O–H groups in total. The zero-order valence-electron chi connectivity index (χ0n) is 14.9. The first-order valence-electron chi connectivity index (χ1n) is 9.07. The molecule has 2 saturated heterocycles. The van der Waals surface area contributed by atoms with Gasteiger partial charge in [-0.05, 0) is 74.4 Å². The molecule has 0 bridgehead atoms. The monoisotopic (exact) mass is 390 g/mol. The maximum Gasteiger partial charge on any atom is 0.416 e. The molecule has 2 aliphatic rings. The molecule has 0 aliphatic carbocycles. The SMILES string of the molecule is CC1CCN(C(=O)c2ccc(C(F)(F)F)c(C3CCNCC3)c2)CC1.Cl. The van der Waals surface area contributed by atoms with E-state index in [1.165, 1.54) is 12.1 Å². The number of alkyl halides is 3. The summed E-state index contributed by atoms with van der Waals surface area (Å²) in [7, 11) is 0. The van der Waals surface area contributed by atoms with Crippen molar-refractivity contribution in [1.29, 1.82) is 0 Å². The van der Waals surface area contributed by atoms with Gasteiger partial charge < -0.3 is 10.2 Å². The number of halogens is 4. The Kier molecular flexibility index (Phi) is 6.97. The van der Waals surface area contributed by atoms with Crippen molar-refractivity contribution >= 4 is 18.3 Å². The van der Waals surface area contributed by atoms with Gasteiger partial charge in [0, 0.05) is 18.7 Å². The second kappa shape index (κ2) is 8.61. The molecular weight excluding hydrogens is 365 g/mol. The van der Waals surface area contributed by atoms with E-state index in [0.29, 0.717) is 50.5 Å². The van der Waals surface area contributed by atoms with E-state index in [2.05, 4.69) is 12.2 Å². The first kappa shape index (κ1) is 21.0. The highest BCUT2D eigenvalue weighted by Gasteiger charge is 2.36. The Hall–Kier alpha value is -1.27. The normalized spacial score (nSPS) is 19.9. The summed E-state index contributed by atoms with van der Waals surface area (Å²) in [6.45, 7) is 4.96. The largest absolute Gasteiger partial charge is 0.416 e. The molecule has 26 heavy (non-hydrogen) atoms. The molecule has 1 amide bonds. The smallest absolute Gasteiger partial charge is 0.339 e. The van der Waals surface area contributed by atoms with Crippen molar-refractivity contribution in [2.75, 3.05) is 26.2 Å². The van der Waals surface area contributed by atoms with Crippen LogP contribution in [0.2, 0.25) is 0 Å². The summed E-state index contributed by atoms with van der Waals surface area (Å²) in [6, 6.07) is 3.93. The zero-order valence-corrected chi connectivity index (χ0v) is 15.8. The van der Waals surface area contributed by atoms with E-state index in [-0.39, 0.29) is 29.8 Å². The van der Waals surface area contributed by atoms with Crippen molar-refractivity contribution in [3.8, 4) is 0 Å². The first-order chi connectivity index (χ1) is 11.9. The third-order valence-electron chi connectivity index (χ3n) is 5.45. The van der Waals surface area contributed by atoms with Crippen molar-refractivity contribution in [1.82, 2.24) is 10.2 Å². The van der Waals surface area contributed by atoms with E-state index in [4.69, 9.17) is 0 Å². The number of rotatable bonds is 2. The summed E-state index contributed by atoms with van der Waals surface area (Å²) < 4.78 is 40.3. The van der Waals surface area contributed by atoms with Crippen LogP contribution in [-0.4, -0.2) is 37.0 Å². The number of nitrogens with zero attached hydrogens (tertiary/aromatic N) is 1. The molecule has 0 spiro atoms. The van der Waals surface area contributed by atoms with Crippen molar-refractivity contribution in [3.63, 3.8) is 0 Å². The number of piperidine rings is 2. The topological polar surface area (TPSA) is 32.3 Å². The minimum atomic E-state index is -4.39. The van der Waals surface area contributed by atoms with E-state index in [0.717, 1.165) is 18.9 Å². The molecule has 2 heterocycles. The van der Waals surface area contributed by atoms with Gasteiger partial charge in [0.2, 0.25) is 0 Å². The van der Waals surface area contributed by atoms with Crippen molar-refractivity contribution < 1.29 is 18.0 Å². The lowest BCUT2D eigenvalue weighted by atomic mass is 9.85. The summed E-state index contributed by atoms with van der Waals surface area (Å²) in [5.41, 5.74) is 0.0736. The maximum absolute atomic E-state index is 13.4. The van der Waals surface area contributed by atoms with Gasteiger partial charge in [-0.15, -0.1) is 12.4 Å². The van der Waals surface area contributed by atoms with Crippen LogP contribution in [0.25, 0.3) is 0 Å². The summed E-state index contributed by atoms with van der Waals surface area (Å²) in [5, 5.41) is 3.18. The van der Waals surface area contributed by atoms with Gasteiger partial charge in [0.1, 0.15) is 0 Å². The van der Waals surface area contributed by atoms with Crippen LogP contribution in [0.15, 0.2) is 18.2 Å². The Bertz CT molecular complexity index is 622. The summed E-state index contributed by atoms with van der Waals surface area (Å²) in [6.07, 6.45) is -1.15. The molecule has 7 heteroatoms. The molecule has 1 aromatic rings. The third-order valence-corrected chi connectivity index (χ3v) is 5.45. The maximum atomic E-state index is 13.4. The molecule has 3 nitrogen and oxygen atoms in total. The van der Waals surface area contributed by atoms with E-state index in [9.17, 15) is 18.0 Å². The van der Waals surface area contributed by atoms with Crippen LogP contribution in [0.5, 0.6) is 0 Å². The number of carbonyl (C=O) groups excluding carboxylic acids is 1. The Labute approximate surface area is 158 Å². The highest BCUT2D eigenvalue weighted by molar-refractivity contribution is 5.94. The summed E-state index contributed by atoms with van der Waals surface area (Å²) in [5.74, 6) is 0.310. The lowest BCUT2D eigenvalue weighted by Crippen LogP contribution is -2.38. The molecule has 2 fully saturated rings. The molecule has 1 aromatic carbocycles. The average molecular weight is 391 g/mol. The Morgan fingerprint density at radius 3 is 2.31 bits per heavy atom. The quantitative estimate of drug-likeness (QED) is 0.808. The number of hydrogen-bond donors (Lipinski definition) is 1. The van der Waals surface area contributed by atoms with Gasteiger partial charge in [-0.2, -0.15) is 13.2 Å². The number of likely N-dealkylation sites (tertiary alicyclic amines) is 1. The van der Waals surface area contributed by atoms with Crippen molar-refractivity contribution in [2.45, 2.75) is 44.7 Å². The minimum absolute atomic E-state index is 0. The fourth-order valence-electron chi connectivity index (χ4n) is 3.82. The Morgan fingerprint density at radius 1 is 1.12 bits per heavy atom. The van der Waals surface area contributed by atoms with Crippen molar-refractivity contribution in [2.24, 2.45) is 5.92 Å². The van der Waals surface area contributed by atoms with Crippen LogP contribution in [0, 0.1) is 5.92 Å². The van der Waals surface area contributed by atoms with Gasteiger partial charge in [-0.25, -0.2) is 0 Å². The molecule has 0 radical (unpaired) electrons. The predicted octanol–water partition coefficient (Wildman–Crippen LogP) is 4.47. The van der Waals surface area contributed by atoms with Crippen LogP contribution >= 0.6 is 12.4 Å². The molecule has 0 atom stereocenters. The number of carbonyl (C=O) groups is 1. The van der Waals surface area contributed by atoms with E-state index in [1.54, 1.807) is 4.90 Å². The molecule has 0 unspecified atom stereocenters. The lowest BCUT2D eigenvalue weighted by Gasteiger charge is -2.31. The Balaban J connectivity index is 0.00000243. The van der Waals surface area contributed by atoms with E-state index in [1.807, 2.05) is 0 Å². The van der Waals surface area contributed by atoms with Gasteiger partial charge in [-0.1, -0.05) is 6.92 Å². The van der Waals surface area contributed by atoms with Crippen LogP contribution in [0.3, 0.4) is 0 Å². The number of hydrogen-bond acceptors (Lipinski definition) is 2. The average Bonchev–Trinajstić information content (AvgIpc) is 2.61. The fraction of sp³-hybridized carbons (Fsp3) is 0.632. The molecule has 0 saturated carbocycles. The minimum Gasteiger partial charge on any atom is -0.339 e. The van der Waals surface area contributed by atoms with Crippen LogP contribution in [0.4, 0.5) is 13.2 Å². The van der Waals surface area contributed by atoms with E-state index >= 15 is 0 Å². The third kappa shape index (κ3) is 4.71. The van der Waals surface area contributed by atoms with Crippen LogP contribution in [0.1, 0.15) is 60.0 Å². The van der Waals surface area contributed by atoms with Gasteiger partial charge in [0.15, 0.2) is 0 Å². The zero-order chi connectivity index (χ0) is 18.0. The van der Waals surface area contributed by atoms with Crippen LogP contribution < -0.4 is 5.32 Å². The number of amides is 1. The van der Waals surface area contributed by atoms with E-state index < -0.39 is 11.7 Å². The highest BCUT2D eigenvalue weighted by Crippen LogP contribution is 2.38. The second-order valence-electron chi connectivity index (χ2n) is 7.30. The predicted molar refractivity (Wildman–Crippen MR) is 97.8 cm³/mol. The fourth-order valence-corrected chi connectivity index (χ4v) is 3.82. The van der Waals surface area contributed by atoms with Crippen LogP contribution in [-0.2, 0) is 6.18 Å². The summed E-state index contributed by atoms with van der Waals surface area (Å²) in [4.78, 5) is 14.5. The first-order valence-corrected chi connectivity index (χ1v) is 9.07. The molecular formula is C19H26ClF3N2O. The Morgan fingerprint density at radius 2 is 1.73 bits per heavy atom. The standard InChI is InChI=1S/C19H25F3N2O.ClH/c1-13-6-10-24(11-7-13)18(25)15-2-3-17(19(20,21)22)16(12-15)14-4-8-23-9-5-14;/h2-3,12-14,23H,4-11H2,1H3;1H. The van der Waals surface area contributed by atoms with Gasteiger partial charge in [0.25, 0.3) is 5.91 Å². The summed E-state index contributed by atoms with van der Waals surface area (Å²) >= 11 is 0. The molecule has 146 valence electrons. The molecule has 0 aromatic heterocycles. The lowest BCUT2D eigenvalue weighted by molar-refractivity contribution is -0.138. The van der Waals surface area contributed by atoms with Crippen molar-refractivity contribution in [3.05, 3.63) is 34.9 Å². The number of nitrogens with one attached hydrogen (secondary N) is 1. The molecule has 3 rings (SSSR count). The van der Waals surface area contributed by atoms with Gasteiger partial charge in [-0.3, -0.25) is 4.79 Å². The highest BCUT2D eigenvalue weighted by atomic mass is 35.5. The second-order valence-corrected chi connectivity index (χ2v) is 7.30. The van der Waals surface area contributed by atoms with Gasteiger partial charge in [0.05, 0.1) is 5.56 Å². The number of benzene rings is 1. The van der Waals surface area contributed by atoms with Gasteiger partial charge >= 0.3 is 6.18 Å².